The van der Waals surface area contributed by atoms with Gasteiger partial charge in [-0.25, -0.2) is 4.39 Å². The first-order valence-electron chi connectivity index (χ1n) is 9.15. The zero-order valence-electron chi connectivity index (χ0n) is 13.5. The van der Waals surface area contributed by atoms with E-state index in [0.29, 0.717) is 23.7 Å². The van der Waals surface area contributed by atoms with E-state index in [-0.39, 0.29) is 11.2 Å². The molecular weight excluding hydrogens is 263 g/mol. The van der Waals surface area contributed by atoms with Crippen molar-refractivity contribution < 1.29 is 9.18 Å². The molecule has 118 valence electrons. The highest BCUT2D eigenvalue weighted by Crippen LogP contribution is 2.65. The van der Waals surface area contributed by atoms with Gasteiger partial charge in [0.2, 0.25) is 0 Å². The minimum absolute atomic E-state index is 0.0677. The van der Waals surface area contributed by atoms with Crippen LogP contribution in [0.2, 0.25) is 0 Å². The van der Waals surface area contributed by atoms with Gasteiger partial charge >= 0.3 is 0 Å². The quantitative estimate of drug-likeness (QED) is 0.618. The second-order valence-electron chi connectivity index (χ2n) is 8.93. The number of carbonyl (C=O) groups is 1. The van der Waals surface area contributed by atoms with Gasteiger partial charge in [-0.05, 0) is 74.0 Å². The number of halogens is 1. The maximum atomic E-state index is 14.1. The molecule has 0 saturated heterocycles. The molecule has 4 aliphatic rings. The van der Waals surface area contributed by atoms with Crippen LogP contribution in [-0.2, 0) is 4.79 Å². The van der Waals surface area contributed by atoms with Crippen LogP contribution in [-0.4, -0.2) is 12.0 Å². The summed E-state index contributed by atoms with van der Waals surface area (Å²) in [6.07, 6.45) is 9.62. The largest absolute Gasteiger partial charge is 0.296 e. The van der Waals surface area contributed by atoms with Crippen molar-refractivity contribution in [3.05, 3.63) is 0 Å². The van der Waals surface area contributed by atoms with E-state index in [1.54, 1.807) is 0 Å². The van der Waals surface area contributed by atoms with Crippen LogP contribution in [0.3, 0.4) is 0 Å². The van der Waals surface area contributed by atoms with E-state index < -0.39 is 6.17 Å². The summed E-state index contributed by atoms with van der Waals surface area (Å²) in [4.78, 5) is 12.3. The van der Waals surface area contributed by atoms with Crippen molar-refractivity contribution in [2.24, 2.45) is 34.5 Å². The summed E-state index contributed by atoms with van der Waals surface area (Å²) in [5.74, 6) is 2.54. The number of ketones is 1. The molecule has 0 radical (unpaired) electrons. The normalized spacial score (nSPS) is 56.5. The molecule has 7 atom stereocenters. The Kier molecular flexibility index (Phi) is 3.08. The van der Waals surface area contributed by atoms with Crippen molar-refractivity contribution in [1.29, 1.82) is 0 Å². The second kappa shape index (κ2) is 4.55. The Morgan fingerprint density at radius 1 is 1.00 bits per heavy atom. The van der Waals surface area contributed by atoms with Gasteiger partial charge in [-0.15, -0.1) is 0 Å². The minimum atomic E-state index is -1.17. The molecule has 0 N–H and O–H groups in total. The molecule has 0 bridgehead atoms. The molecule has 2 heteroatoms. The summed E-state index contributed by atoms with van der Waals surface area (Å²) in [7, 11) is 0. The average Bonchev–Trinajstić information content (AvgIpc) is 2.70. The number of hydrogen-bond donors (Lipinski definition) is 0. The highest BCUT2D eigenvalue weighted by Gasteiger charge is 2.62. The van der Waals surface area contributed by atoms with E-state index in [1.165, 1.54) is 44.9 Å². The van der Waals surface area contributed by atoms with Crippen LogP contribution in [0.4, 0.5) is 4.39 Å². The lowest BCUT2D eigenvalue weighted by molar-refractivity contribution is -0.140. The monoisotopic (exact) mass is 292 g/mol. The molecular formula is C19H29FO. The van der Waals surface area contributed by atoms with E-state index in [1.807, 2.05) is 0 Å². The molecule has 0 aromatic rings. The summed E-state index contributed by atoms with van der Waals surface area (Å²) < 4.78 is 14.1. The maximum absolute atomic E-state index is 14.1. The lowest BCUT2D eigenvalue weighted by Gasteiger charge is -2.59. The Labute approximate surface area is 128 Å². The van der Waals surface area contributed by atoms with Crippen LogP contribution >= 0.6 is 0 Å². The summed E-state index contributed by atoms with van der Waals surface area (Å²) >= 11 is 0. The van der Waals surface area contributed by atoms with Crippen LogP contribution < -0.4 is 0 Å². The van der Waals surface area contributed by atoms with Crippen molar-refractivity contribution in [1.82, 2.24) is 0 Å². The number of Topliss-reactive ketones (excluding diaryl/α,β-unsaturated/α-hetero) is 1. The van der Waals surface area contributed by atoms with Crippen molar-refractivity contribution in [3.8, 4) is 0 Å². The fraction of sp³-hybridized carbons (Fsp3) is 0.947. The highest BCUT2D eigenvalue weighted by atomic mass is 19.1. The number of rotatable bonds is 0. The zero-order chi connectivity index (χ0) is 14.8. The highest BCUT2D eigenvalue weighted by molar-refractivity contribution is 5.91. The zero-order valence-corrected chi connectivity index (χ0v) is 13.5. The molecule has 4 saturated carbocycles. The molecule has 0 heterocycles. The van der Waals surface area contributed by atoms with E-state index in [9.17, 15) is 9.18 Å². The van der Waals surface area contributed by atoms with E-state index >= 15 is 0 Å². The molecule has 4 fully saturated rings. The van der Waals surface area contributed by atoms with Crippen LogP contribution in [0, 0.1) is 34.5 Å². The van der Waals surface area contributed by atoms with Gasteiger partial charge in [0, 0.05) is 5.41 Å². The molecule has 1 nitrogen and oxygen atoms in total. The average molecular weight is 292 g/mol. The third-order valence-electron chi connectivity index (χ3n) is 8.28. The SMILES string of the molecule is C[C@]12CCCC[C@H]1CC[C@@H]1[C@@H]2CC[C@]2(C)C(=O)[C@@H](F)C[C@@H]12. The predicted molar refractivity (Wildman–Crippen MR) is 81.6 cm³/mol. The molecule has 0 spiro atoms. The third-order valence-corrected chi connectivity index (χ3v) is 8.28. The van der Waals surface area contributed by atoms with E-state index in [4.69, 9.17) is 0 Å². The number of alkyl halides is 1. The van der Waals surface area contributed by atoms with Crippen molar-refractivity contribution >= 4 is 5.78 Å². The number of hydrogen-bond acceptors (Lipinski definition) is 1. The Balaban J connectivity index is 1.67. The molecule has 4 rings (SSSR count). The van der Waals surface area contributed by atoms with Crippen LogP contribution in [0.25, 0.3) is 0 Å². The van der Waals surface area contributed by atoms with Gasteiger partial charge in [-0.3, -0.25) is 4.79 Å². The maximum Gasteiger partial charge on any atom is 0.173 e. The predicted octanol–water partition coefficient (Wildman–Crippen LogP) is 4.94. The minimum Gasteiger partial charge on any atom is -0.296 e. The van der Waals surface area contributed by atoms with E-state index in [2.05, 4.69) is 13.8 Å². The Morgan fingerprint density at radius 3 is 2.62 bits per heavy atom. The van der Waals surface area contributed by atoms with Gasteiger partial charge < -0.3 is 0 Å². The first kappa shape index (κ1) is 14.2. The van der Waals surface area contributed by atoms with Gasteiger partial charge in [0.1, 0.15) is 0 Å². The first-order chi connectivity index (χ1) is 9.97. The second-order valence-corrected chi connectivity index (χ2v) is 8.93. The molecule has 0 amide bonds. The molecule has 0 aromatic carbocycles. The summed E-state index contributed by atoms with van der Waals surface area (Å²) in [6.45, 7) is 4.60. The fourth-order valence-electron chi connectivity index (χ4n) is 7.04. The standard InChI is InChI=1S/C19H29FO/c1-18-9-4-3-5-12(18)6-7-13-14(18)8-10-19(2)15(13)11-16(20)17(19)21/h12-16H,3-11H2,1-2H3/t12-,13+,14-,15-,16-,18-,19-/m0/s1. The molecule has 4 aliphatic carbocycles. The first-order valence-corrected chi connectivity index (χ1v) is 9.15. The van der Waals surface area contributed by atoms with Crippen LogP contribution in [0.15, 0.2) is 0 Å². The topological polar surface area (TPSA) is 17.1 Å². The molecule has 21 heavy (non-hydrogen) atoms. The third kappa shape index (κ3) is 1.77. The lowest BCUT2D eigenvalue weighted by atomic mass is 9.45. The van der Waals surface area contributed by atoms with E-state index in [0.717, 1.165) is 18.3 Å². The number of fused-ring (bicyclic) bond motifs is 5. The van der Waals surface area contributed by atoms with Crippen molar-refractivity contribution in [2.45, 2.75) is 77.8 Å². The number of carbonyl (C=O) groups excluding carboxylic acids is 1. The van der Waals surface area contributed by atoms with Gasteiger partial charge in [-0.1, -0.05) is 26.7 Å². The van der Waals surface area contributed by atoms with Crippen molar-refractivity contribution in [3.63, 3.8) is 0 Å². The summed E-state index contributed by atoms with van der Waals surface area (Å²) in [5.41, 5.74) is 0.151. The molecule has 0 unspecified atom stereocenters. The molecule has 0 aromatic heterocycles. The Hall–Kier alpha value is -0.400. The van der Waals surface area contributed by atoms with Gasteiger partial charge in [0.25, 0.3) is 0 Å². The van der Waals surface area contributed by atoms with Crippen molar-refractivity contribution in [2.75, 3.05) is 0 Å². The van der Waals surface area contributed by atoms with Gasteiger partial charge in [-0.2, -0.15) is 0 Å². The van der Waals surface area contributed by atoms with Gasteiger partial charge in [0.05, 0.1) is 0 Å². The molecule has 0 aliphatic heterocycles. The summed E-state index contributed by atoms with van der Waals surface area (Å²) in [5, 5.41) is 0. The smallest absolute Gasteiger partial charge is 0.173 e. The van der Waals surface area contributed by atoms with Crippen LogP contribution in [0.1, 0.15) is 71.6 Å². The van der Waals surface area contributed by atoms with Gasteiger partial charge in [0.15, 0.2) is 12.0 Å². The Bertz CT molecular complexity index is 460. The Morgan fingerprint density at radius 2 is 1.81 bits per heavy atom. The summed E-state index contributed by atoms with van der Waals surface area (Å²) in [6, 6.07) is 0. The fourth-order valence-corrected chi connectivity index (χ4v) is 7.04. The van der Waals surface area contributed by atoms with Crippen LogP contribution in [0.5, 0.6) is 0 Å². The lowest BCUT2D eigenvalue weighted by Crippen LogP contribution is -2.52.